The Balaban J connectivity index is 1.62. The van der Waals surface area contributed by atoms with E-state index < -0.39 is 0 Å². The van der Waals surface area contributed by atoms with E-state index in [4.69, 9.17) is 0 Å². The van der Waals surface area contributed by atoms with Gasteiger partial charge in [-0.1, -0.05) is 12.1 Å². The molecule has 0 unspecified atom stereocenters. The quantitative estimate of drug-likeness (QED) is 0.645. The Morgan fingerprint density at radius 2 is 2.05 bits per heavy atom. The van der Waals surface area contributed by atoms with Gasteiger partial charge < -0.3 is 15.4 Å². The molecule has 3 aromatic rings. The van der Waals surface area contributed by atoms with Crippen molar-refractivity contribution < 1.29 is 9.90 Å². The lowest BCUT2D eigenvalue weighted by Crippen LogP contribution is -2.13. The molecule has 3 N–H and O–H groups in total. The zero-order valence-electron chi connectivity index (χ0n) is 11.2. The second kappa shape index (κ2) is 5.93. The third-order valence-electron chi connectivity index (χ3n) is 3.06. The van der Waals surface area contributed by atoms with E-state index in [1.807, 2.05) is 36.5 Å². The summed E-state index contributed by atoms with van der Waals surface area (Å²) in [6.45, 7) is 0. The molecule has 0 atom stereocenters. The van der Waals surface area contributed by atoms with Crippen LogP contribution >= 0.6 is 11.8 Å². The highest BCUT2D eigenvalue weighted by Gasteiger charge is 2.07. The Morgan fingerprint density at radius 1 is 1.19 bits per heavy atom. The minimum atomic E-state index is -0.0989. The van der Waals surface area contributed by atoms with Crippen molar-refractivity contribution in [3.8, 4) is 5.75 Å². The number of phenolic OH excluding ortho intramolecular Hbond substituents is 1. The molecule has 5 heteroatoms. The molecule has 0 bridgehead atoms. The number of carbonyl (C=O) groups is 1. The maximum absolute atomic E-state index is 12.0. The second-order valence-corrected chi connectivity index (χ2v) is 5.60. The van der Waals surface area contributed by atoms with E-state index in [1.54, 1.807) is 18.2 Å². The van der Waals surface area contributed by atoms with E-state index in [9.17, 15) is 9.90 Å². The first-order valence-corrected chi connectivity index (χ1v) is 7.49. The molecular formula is C16H14N2O2S. The molecule has 0 saturated carbocycles. The zero-order chi connectivity index (χ0) is 14.7. The van der Waals surface area contributed by atoms with Gasteiger partial charge >= 0.3 is 0 Å². The summed E-state index contributed by atoms with van der Waals surface area (Å²) < 4.78 is 0. The third kappa shape index (κ3) is 3.20. The summed E-state index contributed by atoms with van der Waals surface area (Å²) in [4.78, 5) is 15.8. The van der Waals surface area contributed by atoms with Crippen LogP contribution in [0.2, 0.25) is 0 Å². The zero-order valence-corrected chi connectivity index (χ0v) is 12.0. The number of aromatic hydroxyl groups is 1. The van der Waals surface area contributed by atoms with Crippen LogP contribution < -0.4 is 5.32 Å². The Hall–Kier alpha value is -2.40. The molecule has 0 saturated heterocycles. The normalized spacial score (nSPS) is 10.7. The number of nitrogens with one attached hydrogen (secondary N) is 2. The molecule has 2 aromatic carbocycles. The number of carbonyl (C=O) groups excluding carboxylic acids is 1. The van der Waals surface area contributed by atoms with Crippen LogP contribution in [0.25, 0.3) is 10.9 Å². The number of amides is 1. The number of fused-ring (bicyclic) bond motifs is 1. The molecule has 3 rings (SSSR count). The number of rotatable bonds is 4. The Bertz CT molecular complexity index is 783. The SMILES string of the molecule is O=C(CSc1ccccc1O)Nc1ccc2[nH]ccc2c1. The molecule has 1 heterocycles. The summed E-state index contributed by atoms with van der Waals surface area (Å²) in [6.07, 6.45) is 1.87. The molecule has 0 fully saturated rings. The van der Waals surface area contributed by atoms with Gasteiger partial charge in [0.25, 0.3) is 0 Å². The van der Waals surface area contributed by atoms with Gasteiger partial charge in [0.05, 0.1) is 5.75 Å². The predicted octanol–water partition coefficient (Wildman–Crippen LogP) is 3.60. The number of benzene rings is 2. The molecule has 0 spiro atoms. The molecule has 4 nitrogen and oxygen atoms in total. The van der Waals surface area contributed by atoms with Crippen LogP contribution in [0.15, 0.2) is 59.6 Å². The highest BCUT2D eigenvalue weighted by molar-refractivity contribution is 8.00. The van der Waals surface area contributed by atoms with Gasteiger partial charge in [0, 0.05) is 27.7 Å². The monoisotopic (exact) mass is 298 g/mol. The standard InChI is InChI=1S/C16H14N2O2S/c19-14-3-1-2-4-15(14)21-10-16(20)18-12-5-6-13-11(9-12)7-8-17-13/h1-9,17,19H,10H2,(H,18,20). The number of para-hydroxylation sites is 1. The van der Waals surface area contributed by atoms with E-state index in [2.05, 4.69) is 10.3 Å². The minimum absolute atomic E-state index is 0.0989. The fourth-order valence-electron chi connectivity index (χ4n) is 2.05. The van der Waals surface area contributed by atoms with Gasteiger partial charge in [-0.3, -0.25) is 4.79 Å². The second-order valence-electron chi connectivity index (χ2n) is 4.58. The summed E-state index contributed by atoms with van der Waals surface area (Å²) in [5, 5.41) is 13.6. The van der Waals surface area contributed by atoms with E-state index in [0.29, 0.717) is 4.90 Å². The summed E-state index contributed by atoms with van der Waals surface area (Å²) in [5.74, 6) is 0.352. The van der Waals surface area contributed by atoms with E-state index >= 15 is 0 Å². The lowest BCUT2D eigenvalue weighted by Gasteiger charge is -2.06. The van der Waals surface area contributed by atoms with E-state index in [1.165, 1.54) is 11.8 Å². The first-order valence-electron chi connectivity index (χ1n) is 6.50. The summed E-state index contributed by atoms with van der Waals surface area (Å²) in [7, 11) is 0. The van der Waals surface area contributed by atoms with Crippen LogP contribution in [0.5, 0.6) is 5.75 Å². The molecule has 0 aliphatic carbocycles. The summed E-state index contributed by atoms with van der Waals surface area (Å²) in [5.41, 5.74) is 1.81. The number of thioether (sulfide) groups is 1. The van der Waals surface area contributed by atoms with Crippen LogP contribution in [0.4, 0.5) is 5.69 Å². The van der Waals surface area contributed by atoms with Gasteiger partial charge in [-0.15, -0.1) is 11.8 Å². The maximum atomic E-state index is 12.0. The fraction of sp³-hybridized carbons (Fsp3) is 0.0625. The van der Waals surface area contributed by atoms with Crippen molar-refractivity contribution in [2.75, 3.05) is 11.1 Å². The fourth-order valence-corrected chi connectivity index (χ4v) is 2.80. The van der Waals surface area contributed by atoms with Gasteiger partial charge in [0.15, 0.2) is 0 Å². The van der Waals surface area contributed by atoms with E-state index in [0.717, 1.165) is 16.6 Å². The van der Waals surface area contributed by atoms with Gasteiger partial charge in [-0.25, -0.2) is 0 Å². The topological polar surface area (TPSA) is 65.1 Å². The van der Waals surface area contributed by atoms with Gasteiger partial charge in [-0.2, -0.15) is 0 Å². The van der Waals surface area contributed by atoms with Crippen molar-refractivity contribution in [2.45, 2.75) is 4.90 Å². The van der Waals surface area contributed by atoms with E-state index in [-0.39, 0.29) is 17.4 Å². The van der Waals surface area contributed by atoms with Gasteiger partial charge in [0.1, 0.15) is 5.75 Å². The van der Waals surface area contributed by atoms with Gasteiger partial charge in [0.2, 0.25) is 5.91 Å². The highest BCUT2D eigenvalue weighted by Crippen LogP contribution is 2.27. The molecule has 1 aromatic heterocycles. The molecule has 21 heavy (non-hydrogen) atoms. The Kier molecular flexibility index (Phi) is 3.83. The first-order chi connectivity index (χ1) is 10.2. The number of aromatic nitrogens is 1. The van der Waals surface area contributed by atoms with Crippen LogP contribution in [-0.4, -0.2) is 21.8 Å². The Labute approximate surface area is 126 Å². The number of phenols is 1. The number of aromatic amines is 1. The predicted molar refractivity (Wildman–Crippen MR) is 85.8 cm³/mol. The summed E-state index contributed by atoms with van der Waals surface area (Å²) >= 11 is 1.31. The van der Waals surface area contributed by atoms with Gasteiger partial charge in [-0.05, 0) is 36.4 Å². The molecule has 106 valence electrons. The van der Waals surface area contributed by atoms with Crippen LogP contribution in [0.3, 0.4) is 0 Å². The summed E-state index contributed by atoms with van der Waals surface area (Å²) in [6, 6.07) is 14.7. The number of anilines is 1. The van der Waals surface area contributed by atoms with Crippen LogP contribution in [0.1, 0.15) is 0 Å². The van der Waals surface area contributed by atoms with Crippen molar-refractivity contribution in [2.24, 2.45) is 0 Å². The number of hydrogen-bond donors (Lipinski definition) is 3. The molecule has 0 aliphatic heterocycles. The van der Waals surface area contributed by atoms with Crippen molar-refractivity contribution in [1.82, 2.24) is 4.98 Å². The molecular weight excluding hydrogens is 284 g/mol. The first kappa shape index (κ1) is 13.6. The largest absolute Gasteiger partial charge is 0.507 e. The maximum Gasteiger partial charge on any atom is 0.234 e. The smallest absolute Gasteiger partial charge is 0.234 e. The van der Waals surface area contributed by atoms with Crippen molar-refractivity contribution in [3.63, 3.8) is 0 Å². The molecule has 0 radical (unpaired) electrons. The lowest BCUT2D eigenvalue weighted by molar-refractivity contribution is -0.113. The van der Waals surface area contributed by atoms with Crippen molar-refractivity contribution in [1.29, 1.82) is 0 Å². The highest BCUT2D eigenvalue weighted by atomic mass is 32.2. The number of H-pyrrole nitrogens is 1. The molecule has 0 aliphatic rings. The average Bonchev–Trinajstić information content (AvgIpc) is 2.94. The Morgan fingerprint density at radius 3 is 2.90 bits per heavy atom. The van der Waals surface area contributed by atoms with Crippen LogP contribution in [-0.2, 0) is 4.79 Å². The van der Waals surface area contributed by atoms with Crippen LogP contribution in [0, 0.1) is 0 Å². The number of hydrogen-bond acceptors (Lipinski definition) is 3. The minimum Gasteiger partial charge on any atom is -0.507 e. The van der Waals surface area contributed by atoms with Crippen molar-refractivity contribution in [3.05, 3.63) is 54.7 Å². The van der Waals surface area contributed by atoms with Crippen molar-refractivity contribution >= 4 is 34.3 Å². The average molecular weight is 298 g/mol. The molecule has 1 amide bonds. The third-order valence-corrected chi connectivity index (χ3v) is 4.12. The lowest BCUT2D eigenvalue weighted by atomic mass is 10.2.